The molecular weight excluding hydrogens is 348 g/mol. The average Bonchev–Trinajstić information content (AvgIpc) is 2.42. The van der Waals surface area contributed by atoms with Crippen molar-refractivity contribution in [2.45, 2.75) is 0 Å². The summed E-state index contributed by atoms with van der Waals surface area (Å²) in [7, 11) is 1.46. The highest BCUT2D eigenvalue weighted by atomic mass is 79.9. The Morgan fingerprint density at radius 1 is 1.35 bits per heavy atom. The summed E-state index contributed by atoms with van der Waals surface area (Å²) in [5, 5.41) is 0.348. The first-order valence-corrected chi connectivity index (χ1v) is 6.65. The molecule has 0 unspecified atom stereocenters. The van der Waals surface area contributed by atoms with Crippen molar-refractivity contribution in [3.8, 4) is 17.4 Å². The Hall–Kier alpha value is -1.79. The number of rotatable bonds is 4. The van der Waals surface area contributed by atoms with Crippen LogP contribution in [-0.4, -0.2) is 18.0 Å². The van der Waals surface area contributed by atoms with Crippen LogP contribution < -0.4 is 15.2 Å². The summed E-state index contributed by atoms with van der Waals surface area (Å²) in [6, 6.07) is 6.25. The third-order valence-corrected chi connectivity index (χ3v) is 3.13. The van der Waals surface area contributed by atoms with Gasteiger partial charge in [-0.3, -0.25) is 4.79 Å². The molecule has 1 aromatic heterocycles. The number of carbonyl (C=O) groups is 1. The standard InChI is InChI=1S/C13H10BrClN2O3/c1-19-11-4-7(12(16)18)2-3-10(11)20-13-9(15)5-8(14)6-17-13/h2-6H,1H3,(H2,16,18). The van der Waals surface area contributed by atoms with Crippen LogP contribution in [0.5, 0.6) is 17.4 Å². The minimum atomic E-state index is -0.547. The number of hydrogen-bond donors (Lipinski definition) is 1. The molecular formula is C13H10BrClN2O3. The largest absolute Gasteiger partial charge is 0.493 e. The molecule has 0 spiro atoms. The number of halogens is 2. The number of benzene rings is 1. The van der Waals surface area contributed by atoms with E-state index < -0.39 is 5.91 Å². The van der Waals surface area contributed by atoms with Crippen LogP contribution in [0.15, 0.2) is 34.9 Å². The van der Waals surface area contributed by atoms with Gasteiger partial charge in [-0.25, -0.2) is 4.98 Å². The zero-order chi connectivity index (χ0) is 14.7. The van der Waals surface area contributed by atoms with Gasteiger partial charge in [0.15, 0.2) is 11.5 Å². The molecule has 20 heavy (non-hydrogen) atoms. The van der Waals surface area contributed by atoms with Gasteiger partial charge in [0.2, 0.25) is 11.8 Å². The van der Waals surface area contributed by atoms with Gasteiger partial charge in [-0.2, -0.15) is 0 Å². The third kappa shape index (κ3) is 3.20. The fourth-order valence-electron chi connectivity index (χ4n) is 1.49. The quantitative estimate of drug-likeness (QED) is 0.910. The summed E-state index contributed by atoms with van der Waals surface area (Å²) >= 11 is 9.28. The topological polar surface area (TPSA) is 74.4 Å². The maximum Gasteiger partial charge on any atom is 0.248 e. The summed E-state index contributed by atoms with van der Waals surface area (Å²) in [4.78, 5) is 15.2. The van der Waals surface area contributed by atoms with Gasteiger partial charge in [-0.15, -0.1) is 0 Å². The third-order valence-electron chi connectivity index (χ3n) is 2.43. The zero-order valence-electron chi connectivity index (χ0n) is 10.4. The normalized spacial score (nSPS) is 10.2. The second kappa shape index (κ2) is 6.11. The summed E-state index contributed by atoms with van der Waals surface area (Å²) in [5.41, 5.74) is 5.53. The van der Waals surface area contributed by atoms with E-state index in [0.29, 0.717) is 22.1 Å². The van der Waals surface area contributed by atoms with E-state index in [1.54, 1.807) is 18.3 Å². The molecule has 104 valence electrons. The number of pyridine rings is 1. The van der Waals surface area contributed by atoms with E-state index in [1.165, 1.54) is 19.2 Å². The number of carbonyl (C=O) groups excluding carboxylic acids is 1. The predicted molar refractivity (Wildman–Crippen MR) is 78.5 cm³/mol. The fraction of sp³-hybridized carbons (Fsp3) is 0.0769. The Balaban J connectivity index is 2.35. The summed E-state index contributed by atoms with van der Waals surface area (Å²) in [5.74, 6) is 0.436. The molecule has 2 aromatic rings. The summed E-state index contributed by atoms with van der Waals surface area (Å²) in [6.07, 6.45) is 1.56. The molecule has 0 atom stereocenters. The van der Waals surface area contributed by atoms with Crippen molar-refractivity contribution in [2.24, 2.45) is 5.73 Å². The van der Waals surface area contributed by atoms with E-state index >= 15 is 0 Å². The number of nitrogens with two attached hydrogens (primary N) is 1. The molecule has 2 rings (SSSR count). The lowest BCUT2D eigenvalue weighted by Gasteiger charge is -2.11. The molecule has 5 nitrogen and oxygen atoms in total. The maximum atomic E-state index is 11.1. The van der Waals surface area contributed by atoms with Gasteiger partial charge in [-0.05, 0) is 40.2 Å². The van der Waals surface area contributed by atoms with Crippen molar-refractivity contribution < 1.29 is 14.3 Å². The lowest BCUT2D eigenvalue weighted by Crippen LogP contribution is -2.10. The Morgan fingerprint density at radius 2 is 2.10 bits per heavy atom. The van der Waals surface area contributed by atoms with E-state index in [-0.39, 0.29) is 5.88 Å². The molecule has 0 bridgehead atoms. The molecule has 1 amide bonds. The summed E-state index contributed by atoms with van der Waals surface area (Å²) in [6.45, 7) is 0. The van der Waals surface area contributed by atoms with Gasteiger partial charge in [0.25, 0.3) is 0 Å². The van der Waals surface area contributed by atoms with E-state index in [0.717, 1.165) is 4.47 Å². The van der Waals surface area contributed by atoms with Crippen LogP contribution in [0.2, 0.25) is 5.02 Å². The first kappa shape index (κ1) is 14.6. The summed E-state index contributed by atoms with van der Waals surface area (Å²) < 4.78 is 11.5. The number of methoxy groups -OCH3 is 1. The number of nitrogens with zero attached hydrogens (tertiary/aromatic N) is 1. The van der Waals surface area contributed by atoms with Crippen LogP contribution in [0.1, 0.15) is 10.4 Å². The van der Waals surface area contributed by atoms with Crippen LogP contribution in [0, 0.1) is 0 Å². The smallest absolute Gasteiger partial charge is 0.248 e. The number of primary amides is 1. The molecule has 0 aliphatic rings. The number of ether oxygens (including phenoxy) is 2. The first-order valence-electron chi connectivity index (χ1n) is 5.48. The minimum Gasteiger partial charge on any atom is -0.493 e. The molecule has 2 N–H and O–H groups in total. The Morgan fingerprint density at radius 3 is 2.70 bits per heavy atom. The Bertz CT molecular complexity index is 664. The minimum absolute atomic E-state index is 0.236. The van der Waals surface area contributed by atoms with Crippen LogP contribution in [0.3, 0.4) is 0 Å². The molecule has 7 heteroatoms. The number of aromatic nitrogens is 1. The Labute approximate surface area is 128 Å². The highest BCUT2D eigenvalue weighted by molar-refractivity contribution is 9.10. The average molecular weight is 358 g/mol. The van der Waals surface area contributed by atoms with E-state index in [1.807, 2.05) is 0 Å². The van der Waals surface area contributed by atoms with E-state index in [2.05, 4.69) is 20.9 Å². The molecule has 1 aromatic carbocycles. The van der Waals surface area contributed by atoms with Crippen LogP contribution in [0.4, 0.5) is 0 Å². The molecule has 0 aliphatic heterocycles. The lowest BCUT2D eigenvalue weighted by atomic mass is 10.2. The van der Waals surface area contributed by atoms with Gasteiger partial charge in [0.05, 0.1) is 7.11 Å². The molecule has 0 radical (unpaired) electrons. The second-order valence-corrected chi connectivity index (χ2v) is 5.10. The first-order chi connectivity index (χ1) is 9.51. The molecule has 0 aliphatic carbocycles. The molecule has 0 saturated heterocycles. The van der Waals surface area contributed by atoms with Gasteiger partial charge in [0, 0.05) is 16.2 Å². The molecule has 1 heterocycles. The fourth-order valence-corrected chi connectivity index (χ4v) is 2.15. The van der Waals surface area contributed by atoms with Crippen molar-refractivity contribution in [2.75, 3.05) is 7.11 Å². The van der Waals surface area contributed by atoms with Crippen LogP contribution >= 0.6 is 27.5 Å². The van der Waals surface area contributed by atoms with Crippen molar-refractivity contribution in [3.05, 3.63) is 45.5 Å². The highest BCUT2D eigenvalue weighted by Gasteiger charge is 2.12. The van der Waals surface area contributed by atoms with Crippen LogP contribution in [0.25, 0.3) is 0 Å². The lowest BCUT2D eigenvalue weighted by molar-refractivity contribution is 0.1000. The predicted octanol–water partition coefficient (Wildman–Crippen LogP) is 3.40. The zero-order valence-corrected chi connectivity index (χ0v) is 12.7. The SMILES string of the molecule is COc1cc(C(N)=O)ccc1Oc1ncc(Br)cc1Cl. The van der Waals surface area contributed by atoms with E-state index in [9.17, 15) is 4.79 Å². The van der Waals surface area contributed by atoms with E-state index in [4.69, 9.17) is 26.8 Å². The van der Waals surface area contributed by atoms with Crippen molar-refractivity contribution in [3.63, 3.8) is 0 Å². The van der Waals surface area contributed by atoms with Gasteiger partial charge < -0.3 is 15.2 Å². The second-order valence-electron chi connectivity index (χ2n) is 3.77. The van der Waals surface area contributed by atoms with Gasteiger partial charge >= 0.3 is 0 Å². The van der Waals surface area contributed by atoms with Crippen molar-refractivity contribution >= 4 is 33.4 Å². The maximum absolute atomic E-state index is 11.1. The van der Waals surface area contributed by atoms with Gasteiger partial charge in [-0.1, -0.05) is 11.6 Å². The van der Waals surface area contributed by atoms with Crippen LogP contribution in [-0.2, 0) is 0 Å². The van der Waals surface area contributed by atoms with Crippen molar-refractivity contribution in [1.29, 1.82) is 0 Å². The number of amides is 1. The van der Waals surface area contributed by atoms with Crippen molar-refractivity contribution in [1.82, 2.24) is 4.98 Å². The monoisotopic (exact) mass is 356 g/mol. The highest BCUT2D eigenvalue weighted by Crippen LogP contribution is 2.35. The molecule has 0 saturated carbocycles. The number of hydrogen-bond acceptors (Lipinski definition) is 4. The Kier molecular flexibility index (Phi) is 4.46. The van der Waals surface area contributed by atoms with Gasteiger partial charge in [0.1, 0.15) is 5.02 Å². The molecule has 0 fully saturated rings.